The van der Waals surface area contributed by atoms with Gasteiger partial charge < -0.3 is 0 Å². The van der Waals surface area contributed by atoms with Gasteiger partial charge in [0, 0.05) is 6.42 Å². The normalized spacial score (nSPS) is 19.2. The van der Waals surface area contributed by atoms with E-state index in [4.69, 9.17) is 0 Å². The van der Waals surface area contributed by atoms with Crippen LogP contribution in [0.2, 0.25) is 0 Å². The molecule has 1 fully saturated rings. The fraction of sp³-hybridized carbons (Fsp3) is 0.200. The van der Waals surface area contributed by atoms with Crippen LogP contribution >= 0.6 is 11.3 Å². The SMILES string of the molecule is O=C1CC(c2ccsc2)C(=O)N1Cc1ccccc1. The van der Waals surface area contributed by atoms with Gasteiger partial charge in [-0.3, -0.25) is 14.5 Å². The number of benzene rings is 1. The average molecular weight is 271 g/mol. The summed E-state index contributed by atoms with van der Waals surface area (Å²) in [5, 5.41) is 3.88. The molecule has 96 valence electrons. The van der Waals surface area contributed by atoms with Crippen molar-refractivity contribution in [3.05, 3.63) is 58.3 Å². The van der Waals surface area contributed by atoms with Crippen molar-refractivity contribution in [1.29, 1.82) is 0 Å². The molecule has 1 atom stereocenters. The second kappa shape index (κ2) is 4.97. The van der Waals surface area contributed by atoms with Crippen molar-refractivity contribution in [3.8, 4) is 0 Å². The maximum atomic E-state index is 12.3. The summed E-state index contributed by atoms with van der Waals surface area (Å²) in [6.07, 6.45) is 0.294. The van der Waals surface area contributed by atoms with Crippen LogP contribution in [0.5, 0.6) is 0 Å². The van der Waals surface area contributed by atoms with Crippen LogP contribution in [0.1, 0.15) is 23.5 Å². The van der Waals surface area contributed by atoms with E-state index in [0.29, 0.717) is 13.0 Å². The summed E-state index contributed by atoms with van der Waals surface area (Å²) in [6, 6.07) is 11.5. The fourth-order valence-electron chi connectivity index (χ4n) is 2.35. The quantitative estimate of drug-likeness (QED) is 0.805. The molecule has 0 aliphatic carbocycles. The van der Waals surface area contributed by atoms with Gasteiger partial charge in [0.2, 0.25) is 11.8 Å². The van der Waals surface area contributed by atoms with Gasteiger partial charge in [-0.15, -0.1) is 0 Å². The highest BCUT2D eigenvalue weighted by Crippen LogP contribution is 2.31. The Morgan fingerprint density at radius 1 is 1.16 bits per heavy atom. The van der Waals surface area contributed by atoms with Crippen LogP contribution in [0, 0.1) is 0 Å². The van der Waals surface area contributed by atoms with Gasteiger partial charge in [-0.1, -0.05) is 30.3 Å². The smallest absolute Gasteiger partial charge is 0.237 e. The number of amides is 2. The minimum absolute atomic E-state index is 0.0766. The van der Waals surface area contributed by atoms with Crippen molar-refractivity contribution in [2.45, 2.75) is 18.9 Å². The molecular formula is C15H13NO2S. The van der Waals surface area contributed by atoms with Gasteiger partial charge in [0.1, 0.15) is 0 Å². The molecule has 1 aromatic carbocycles. The molecule has 0 N–H and O–H groups in total. The molecule has 1 aliphatic rings. The van der Waals surface area contributed by atoms with Gasteiger partial charge in [0.05, 0.1) is 12.5 Å². The molecular weight excluding hydrogens is 258 g/mol. The first-order valence-electron chi connectivity index (χ1n) is 6.16. The van der Waals surface area contributed by atoms with Crippen molar-refractivity contribution in [2.75, 3.05) is 0 Å². The summed E-state index contributed by atoms with van der Waals surface area (Å²) in [7, 11) is 0. The maximum Gasteiger partial charge on any atom is 0.237 e. The van der Waals surface area contributed by atoms with E-state index in [-0.39, 0.29) is 17.7 Å². The molecule has 1 saturated heterocycles. The summed E-state index contributed by atoms with van der Waals surface area (Å²) in [5.74, 6) is -0.445. The van der Waals surface area contributed by atoms with Gasteiger partial charge >= 0.3 is 0 Å². The number of carbonyl (C=O) groups excluding carboxylic acids is 2. The molecule has 0 saturated carbocycles. The van der Waals surface area contributed by atoms with Crippen molar-refractivity contribution < 1.29 is 9.59 Å². The standard InChI is InChI=1S/C15H13NO2S/c17-14-8-13(12-6-7-19-10-12)15(18)16(14)9-11-4-2-1-3-5-11/h1-7,10,13H,8-9H2. The molecule has 1 aromatic heterocycles. The second-order valence-electron chi connectivity index (χ2n) is 4.62. The molecule has 2 heterocycles. The predicted octanol–water partition coefficient (Wildman–Crippen LogP) is 2.79. The molecule has 19 heavy (non-hydrogen) atoms. The molecule has 2 amide bonds. The monoisotopic (exact) mass is 271 g/mol. The van der Waals surface area contributed by atoms with E-state index in [9.17, 15) is 9.59 Å². The van der Waals surface area contributed by atoms with Crippen LogP contribution in [-0.4, -0.2) is 16.7 Å². The minimum atomic E-state index is -0.289. The van der Waals surface area contributed by atoms with E-state index in [1.54, 1.807) is 11.3 Å². The van der Waals surface area contributed by atoms with Crippen molar-refractivity contribution in [3.63, 3.8) is 0 Å². The molecule has 0 radical (unpaired) electrons. The van der Waals surface area contributed by atoms with Gasteiger partial charge in [-0.2, -0.15) is 11.3 Å². The minimum Gasteiger partial charge on any atom is -0.278 e. The molecule has 1 aliphatic heterocycles. The largest absolute Gasteiger partial charge is 0.278 e. The van der Waals surface area contributed by atoms with Crippen molar-refractivity contribution in [2.24, 2.45) is 0 Å². The number of hydrogen-bond donors (Lipinski definition) is 0. The van der Waals surface area contributed by atoms with Crippen molar-refractivity contribution >= 4 is 23.2 Å². The van der Waals surface area contributed by atoms with E-state index < -0.39 is 0 Å². The zero-order chi connectivity index (χ0) is 13.2. The highest BCUT2D eigenvalue weighted by Gasteiger charge is 2.39. The summed E-state index contributed by atoms with van der Waals surface area (Å²) < 4.78 is 0. The Morgan fingerprint density at radius 3 is 2.63 bits per heavy atom. The summed E-state index contributed by atoms with van der Waals surface area (Å²) in [5.41, 5.74) is 1.94. The lowest BCUT2D eigenvalue weighted by molar-refractivity contribution is -0.139. The average Bonchev–Trinajstić information content (AvgIpc) is 3.03. The Bertz CT molecular complexity index is 592. The Hall–Kier alpha value is -1.94. The summed E-state index contributed by atoms with van der Waals surface area (Å²) >= 11 is 1.55. The molecule has 3 nitrogen and oxygen atoms in total. The lowest BCUT2D eigenvalue weighted by atomic mass is 10.0. The Kier molecular flexibility index (Phi) is 3.17. The Balaban J connectivity index is 1.80. The summed E-state index contributed by atoms with van der Waals surface area (Å²) in [4.78, 5) is 25.7. The topological polar surface area (TPSA) is 37.4 Å². The Morgan fingerprint density at radius 2 is 1.95 bits per heavy atom. The molecule has 0 bridgehead atoms. The zero-order valence-electron chi connectivity index (χ0n) is 10.3. The first-order chi connectivity index (χ1) is 9.25. The van der Waals surface area contributed by atoms with Crippen LogP contribution in [-0.2, 0) is 16.1 Å². The number of hydrogen-bond acceptors (Lipinski definition) is 3. The molecule has 2 aromatic rings. The third-order valence-electron chi connectivity index (χ3n) is 3.37. The molecule has 1 unspecified atom stereocenters. The van der Waals surface area contributed by atoms with Gasteiger partial charge in [-0.25, -0.2) is 0 Å². The van der Waals surface area contributed by atoms with E-state index >= 15 is 0 Å². The van der Waals surface area contributed by atoms with Gasteiger partial charge in [-0.05, 0) is 28.0 Å². The molecule has 0 spiro atoms. The second-order valence-corrected chi connectivity index (χ2v) is 5.40. The number of likely N-dealkylation sites (tertiary alicyclic amines) is 1. The lowest BCUT2D eigenvalue weighted by Gasteiger charge is -2.14. The molecule has 4 heteroatoms. The van der Waals surface area contributed by atoms with Crippen LogP contribution in [0.3, 0.4) is 0 Å². The van der Waals surface area contributed by atoms with Crippen LogP contribution < -0.4 is 0 Å². The number of rotatable bonds is 3. The number of imide groups is 1. The molecule has 3 rings (SSSR count). The Labute approximate surface area is 115 Å². The fourth-order valence-corrected chi connectivity index (χ4v) is 3.06. The third-order valence-corrected chi connectivity index (χ3v) is 4.07. The van der Waals surface area contributed by atoms with Crippen molar-refractivity contribution in [1.82, 2.24) is 4.90 Å². The number of carbonyl (C=O) groups is 2. The summed E-state index contributed by atoms with van der Waals surface area (Å²) in [6.45, 7) is 0.374. The van der Waals surface area contributed by atoms with Gasteiger partial charge in [0.25, 0.3) is 0 Å². The van der Waals surface area contributed by atoms with E-state index in [1.165, 1.54) is 4.90 Å². The van der Waals surface area contributed by atoms with Crippen LogP contribution in [0.4, 0.5) is 0 Å². The number of thiophene rings is 1. The first-order valence-corrected chi connectivity index (χ1v) is 7.10. The predicted molar refractivity (Wildman–Crippen MR) is 73.7 cm³/mol. The van der Waals surface area contributed by atoms with E-state index in [0.717, 1.165) is 11.1 Å². The van der Waals surface area contributed by atoms with E-state index in [1.807, 2.05) is 47.2 Å². The number of nitrogens with zero attached hydrogens (tertiary/aromatic N) is 1. The zero-order valence-corrected chi connectivity index (χ0v) is 11.1. The lowest BCUT2D eigenvalue weighted by Crippen LogP contribution is -2.29. The van der Waals surface area contributed by atoms with E-state index in [2.05, 4.69) is 0 Å². The highest BCUT2D eigenvalue weighted by molar-refractivity contribution is 7.08. The van der Waals surface area contributed by atoms with Crippen LogP contribution in [0.25, 0.3) is 0 Å². The van der Waals surface area contributed by atoms with Gasteiger partial charge in [0.15, 0.2) is 0 Å². The maximum absolute atomic E-state index is 12.3. The van der Waals surface area contributed by atoms with Crippen LogP contribution in [0.15, 0.2) is 47.2 Å². The highest BCUT2D eigenvalue weighted by atomic mass is 32.1. The third kappa shape index (κ3) is 2.31. The first kappa shape index (κ1) is 12.1.